The topological polar surface area (TPSA) is 63.4 Å². The van der Waals surface area contributed by atoms with Gasteiger partial charge in [0.25, 0.3) is 0 Å². The van der Waals surface area contributed by atoms with Crippen LogP contribution in [0.3, 0.4) is 0 Å². The first-order valence-corrected chi connectivity index (χ1v) is 6.66. The molecule has 0 amide bonds. The fourth-order valence-electron chi connectivity index (χ4n) is 1.80. The average Bonchev–Trinajstić information content (AvgIpc) is 2.72. The highest BCUT2D eigenvalue weighted by molar-refractivity contribution is 7.89. The highest BCUT2D eigenvalue weighted by atomic mass is 35.5. The van der Waals surface area contributed by atoms with Crippen molar-refractivity contribution in [3.63, 3.8) is 0 Å². The van der Waals surface area contributed by atoms with Gasteiger partial charge in [0, 0.05) is 19.1 Å². The first-order valence-electron chi connectivity index (χ1n) is 5.22. The Labute approximate surface area is 114 Å². The minimum absolute atomic E-state index is 0. The van der Waals surface area contributed by atoms with Crippen LogP contribution in [0.5, 0.6) is 0 Å². The average molecular weight is 317 g/mol. The van der Waals surface area contributed by atoms with Gasteiger partial charge in [-0.1, -0.05) is 0 Å². The third-order valence-electron chi connectivity index (χ3n) is 2.78. The third-order valence-corrected chi connectivity index (χ3v) is 4.63. The molecule has 0 bridgehead atoms. The molecule has 0 spiro atoms. The molecule has 1 saturated heterocycles. The van der Waals surface area contributed by atoms with Gasteiger partial charge in [-0.15, -0.1) is 12.4 Å². The SMILES string of the molecule is Cl.N[C@@H]1CCN(S(=O)(=O)c2cc(F)c(F)c(F)c2)C1. The molecule has 1 aliphatic rings. The number of hydrogen-bond acceptors (Lipinski definition) is 3. The lowest BCUT2D eigenvalue weighted by molar-refractivity contribution is 0.437. The van der Waals surface area contributed by atoms with Crippen LogP contribution in [0, 0.1) is 17.5 Å². The predicted octanol–water partition coefficient (Wildman–Crippen LogP) is 1.25. The highest BCUT2D eigenvalue weighted by Gasteiger charge is 2.32. The molecule has 0 saturated carbocycles. The van der Waals surface area contributed by atoms with Gasteiger partial charge in [0.15, 0.2) is 17.5 Å². The van der Waals surface area contributed by atoms with Crippen LogP contribution in [0.4, 0.5) is 13.2 Å². The van der Waals surface area contributed by atoms with Gasteiger partial charge in [-0.05, 0) is 18.6 Å². The summed E-state index contributed by atoms with van der Waals surface area (Å²) in [7, 11) is -4.03. The Morgan fingerprint density at radius 3 is 2.16 bits per heavy atom. The number of rotatable bonds is 2. The van der Waals surface area contributed by atoms with Crippen molar-refractivity contribution in [3.8, 4) is 0 Å². The molecule has 4 nitrogen and oxygen atoms in total. The zero-order valence-corrected chi connectivity index (χ0v) is 11.3. The summed E-state index contributed by atoms with van der Waals surface area (Å²) in [5.41, 5.74) is 5.57. The maximum Gasteiger partial charge on any atom is 0.243 e. The lowest BCUT2D eigenvalue weighted by atomic mass is 10.3. The van der Waals surface area contributed by atoms with E-state index in [4.69, 9.17) is 5.73 Å². The summed E-state index contributed by atoms with van der Waals surface area (Å²) >= 11 is 0. The predicted molar refractivity (Wildman–Crippen MR) is 64.9 cm³/mol. The van der Waals surface area contributed by atoms with Crippen molar-refractivity contribution in [3.05, 3.63) is 29.6 Å². The van der Waals surface area contributed by atoms with Gasteiger partial charge in [0.1, 0.15) is 0 Å². The molecule has 2 N–H and O–H groups in total. The number of nitrogens with two attached hydrogens (primary N) is 1. The molecular weight excluding hydrogens is 305 g/mol. The van der Waals surface area contributed by atoms with Crippen LogP contribution in [0.25, 0.3) is 0 Å². The molecule has 1 aromatic rings. The maximum absolute atomic E-state index is 13.0. The molecule has 1 heterocycles. The van der Waals surface area contributed by atoms with E-state index < -0.39 is 32.4 Å². The van der Waals surface area contributed by atoms with Crippen LogP contribution in [0.15, 0.2) is 17.0 Å². The standard InChI is InChI=1S/C10H11F3N2O2S.ClH/c11-8-3-7(4-9(12)10(8)13)18(16,17)15-2-1-6(14)5-15;/h3-4,6H,1-2,5,14H2;1H/t6-;/m1./s1. The number of sulfonamides is 1. The van der Waals surface area contributed by atoms with Gasteiger partial charge in [0.05, 0.1) is 4.90 Å². The van der Waals surface area contributed by atoms with Gasteiger partial charge in [-0.2, -0.15) is 4.31 Å². The number of benzene rings is 1. The van der Waals surface area contributed by atoms with E-state index in [1.807, 2.05) is 0 Å². The molecule has 0 unspecified atom stereocenters. The third kappa shape index (κ3) is 3.02. The number of halogens is 4. The van der Waals surface area contributed by atoms with Crippen molar-refractivity contribution in [2.24, 2.45) is 5.73 Å². The smallest absolute Gasteiger partial charge is 0.243 e. The molecule has 1 atom stereocenters. The van der Waals surface area contributed by atoms with Crippen LogP contribution in [-0.2, 0) is 10.0 Å². The van der Waals surface area contributed by atoms with E-state index in [0.717, 1.165) is 4.31 Å². The molecule has 0 aromatic heterocycles. The van der Waals surface area contributed by atoms with Crippen molar-refractivity contribution >= 4 is 22.4 Å². The van der Waals surface area contributed by atoms with Gasteiger partial charge >= 0.3 is 0 Å². The van der Waals surface area contributed by atoms with E-state index in [-0.39, 0.29) is 31.5 Å². The van der Waals surface area contributed by atoms with Gasteiger partial charge in [-0.3, -0.25) is 0 Å². The molecular formula is C10H12ClF3N2O2S. The molecule has 2 rings (SSSR count). The Bertz CT molecular complexity index is 559. The highest BCUT2D eigenvalue weighted by Crippen LogP contribution is 2.23. The molecule has 0 radical (unpaired) electrons. The van der Waals surface area contributed by atoms with Gasteiger partial charge in [-0.25, -0.2) is 21.6 Å². The molecule has 1 fully saturated rings. The molecule has 108 valence electrons. The van der Waals surface area contributed by atoms with E-state index in [1.165, 1.54) is 0 Å². The zero-order chi connectivity index (χ0) is 13.5. The monoisotopic (exact) mass is 316 g/mol. The molecule has 19 heavy (non-hydrogen) atoms. The number of nitrogens with zero attached hydrogens (tertiary/aromatic N) is 1. The Kier molecular flexibility index (Phi) is 4.83. The van der Waals surface area contributed by atoms with E-state index in [0.29, 0.717) is 18.6 Å². The van der Waals surface area contributed by atoms with Crippen LogP contribution in [0.2, 0.25) is 0 Å². The lowest BCUT2D eigenvalue weighted by Gasteiger charge is -2.16. The molecule has 0 aliphatic carbocycles. The minimum atomic E-state index is -4.03. The second-order valence-corrected chi connectivity index (χ2v) is 6.05. The van der Waals surface area contributed by atoms with Gasteiger partial charge < -0.3 is 5.73 Å². The van der Waals surface area contributed by atoms with E-state index in [2.05, 4.69) is 0 Å². The maximum atomic E-state index is 13.0. The van der Waals surface area contributed by atoms with Crippen molar-refractivity contribution < 1.29 is 21.6 Å². The van der Waals surface area contributed by atoms with E-state index in [1.54, 1.807) is 0 Å². The fourth-order valence-corrected chi connectivity index (χ4v) is 3.34. The Hall–Kier alpha value is -0.830. The van der Waals surface area contributed by atoms with Crippen molar-refractivity contribution in [2.75, 3.05) is 13.1 Å². The van der Waals surface area contributed by atoms with Crippen molar-refractivity contribution in [1.29, 1.82) is 0 Å². The fraction of sp³-hybridized carbons (Fsp3) is 0.400. The zero-order valence-electron chi connectivity index (χ0n) is 9.64. The Morgan fingerprint density at radius 2 is 1.74 bits per heavy atom. The van der Waals surface area contributed by atoms with Crippen molar-refractivity contribution in [2.45, 2.75) is 17.4 Å². The van der Waals surface area contributed by atoms with Crippen LogP contribution in [-0.4, -0.2) is 31.9 Å². The van der Waals surface area contributed by atoms with E-state index in [9.17, 15) is 21.6 Å². The van der Waals surface area contributed by atoms with Crippen molar-refractivity contribution in [1.82, 2.24) is 4.31 Å². The summed E-state index contributed by atoms with van der Waals surface area (Å²) in [5.74, 6) is -4.75. The summed E-state index contributed by atoms with van der Waals surface area (Å²) in [6, 6.07) is 0.643. The second kappa shape index (κ2) is 5.66. The van der Waals surface area contributed by atoms with Crippen LogP contribution >= 0.6 is 12.4 Å². The summed E-state index contributed by atoms with van der Waals surface area (Å²) in [5, 5.41) is 0. The lowest BCUT2D eigenvalue weighted by Crippen LogP contribution is -2.32. The largest absolute Gasteiger partial charge is 0.326 e. The molecule has 9 heteroatoms. The second-order valence-electron chi connectivity index (χ2n) is 4.11. The quantitative estimate of drug-likeness (QED) is 0.835. The molecule has 1 aromatic carbocycles. The summed E-state index contributed by atoms with van der Waals surface area (Å²) in [6.07, 6.45) is 0.478. The Morgan fingerprint density at radius 1 is 1.21 bits per heavy atom. The Balaban J connectivity index is 0.00000180. The first kappa shape index (κ1) is 16.2. The normalized spacial score (nSPS) is 20.3. The van der Waals surface area contributed by atoms with Gasteiger partial charge in [0.2, 0.25) is 10.0 Å². The van der Waals surface area contributed by atoms with E-state index >= 15 is 0 Å². The van der Waals surface area contributed by atoms with Crippen LogP contribution in [0.1, 0.15) is 6.42 Å². The first-order chi connectivity index (χ1) is 8.32. The molecule has 1 aliphatic heterocycles. The van der Waals surface area contributed by atoms with Crippen LogP contribution < -0.4 is 5.73 Å². The summed E-state index contributed by atoms with van der Waals surface area (Å²) < 4.78 is 63.8. The minimum Gasteiger partial charge on any atom is -0.326 e. The number of hydrogen-bond donors (Lipinski definition) is 1. The summed E-state index contributed by atoms with van der Waals surface area (Å²) in [6.45, 7) is 0.271. The summed E-state index contributed by atoms with van der Waals surface area (Å²) in [4.78, 5) is -0.604.